The molecular formula is C26H21N5O. The third kappa shape index (κ3) is 3.66. The van der Waals surface area contributed by atoms with Crippen molar-refractivity contribution in [3.8, 4) is 23.5 Å². The Kier molecular flexibility index (Phi) is 5.24. The molecule has 0 amide bonds. The van der Waals surface area contributed by atoms with E-state index in [9.17, 15) is 0 Å². The Bertz CT molecular complexity index is 1460. The van der Waals surface area contributed by atoms with Gasteiger partial charge in [-0.1, -0.05) is 24.0 Å². The van der Waals surface area contributed by atoms with Crippen LogP contribution in [0.2, 0.25) is 0 Å². The zero-order chi connectivity index (χ0) is 21.9. The van der Waals surface area contributed by atoms with E-state index in [1.54, 1.807) is 25.7 Å². The minimum atomic E-state index is 0.507. The number of benzene rings is 2. The van der Waals surface area contributed by atoms with Gasteiger partial charge >= 0.3 is 6.01 Å². The number of pyridine rings is 2. The number of rotatable bonds is 4. The minimum Gasteiger partial charge on any atom is -0.468 e. The Hall–Kier alpha value is -4.21. The average Bonchev–Trinajstić information content (AvgIpc) is 3.23. The molecule has 6 nitrogen and oxygen atoms in total. The van der Waals surface area contributed by atoms with Crippen molar-refractivity contribution in [3.63, 3.8) is 0 Å². The zero-order valence-corrected chi connectivity index (χ0v) is 17.6. The first-order chi connectivity index (χ1) is 15.8. The highest BCUT2D eigenvalue weighted by molar-refractivity contribution is 6.04. The lowest BCUT2D eigenvalue weighted by molar-refractivity contribution is 0.376. The van der Waals surface area contributed by atoms with Gasteiger partial charge in [0, 0.05) is 28.9 Å². The molecule has 2 N–H and O–H groups in total. The molecule has 5 rings (SSSR count). The Morgan fingerprint density at radius 2 is 1.81 bits per heavy atom. The number of hydrogen-bond acceptors (Lipinski definition) is 5. The van der Waals surface area contributed by atoms with Crippen LogP contribution < -0.4 is 10.5 Å². The van der Waals surface area contributed by atoms with Crippen LogP contribution in [0.4, 0.5) is 0 Å². The second-order valence-corrected chi connectivity index (χ2v) is 7.35. The fourth-order valence-corrected chi connectivity index (χ4v) is 3.75. The van der Waals surface area contributed by atoms with Crippen molar-refractivity contribution < 1.29 is 4.74 Å². The number of nitrogens with two attached hydrogens (primary N) is 1. The lowest BCUT2D eigenvalue weighted by atomic mass is 10.1. The van der Waals surface area contributed by atoms with E-state index in [4.69, 9.17) is 10.5 Å². The fourth-order valence-electron chi connectivity index (χ4n) is 3.75. The highest BCUT2D eigenvalue weighted by Gasteiger charge is 2.16. The second kappa shape index (κ2) is 8.50. The average molecular weight is 419 g/mol. The molecule has 0 radical (unpaired) electrons. The van der Waals surface area contributed by atoms with Gasteiger partial charge in [-0.2, -0.15) is 4.98 Å². The number of hydrogen-bond donors (Lipinski definition) is 1. The molecule has 0 aliphatic heterocycles. The van der Waals surface area contributed by atoms with Crippen LogP contribution in [0.25, 0.3) is 27.6 Å². The molecule has 0 saturated heterocycles. The minimum absolute atomic E-state index is 0.507. The molecule has 0 bridgehead atoms. The molecular weight excluding hydrogens is 398 g/mol. The Morgan fingerprint density at radius 1 is 0.969 bits per heavy atom. The van der Waals surface area contributed by atoms with E-state index in [1.807, 2.05) is 28.8 Å². The smallest absolute Gasteiger partial charge is 0.301 e. The lowest BCUT2D eigenvalue weighted by Gasteiger charge is -2.10. The van der Waals surface area contributed by atoms with E-state index in [2.05, 4.69) is 57.1 Å². The Balaban J connectivity index is 1.69. The van der Waals surface area contributed by atoms with E-state index < -0.39 is 0 Å². The summed E-state index contributed by atoms with van der Waals surface area (Å²) in [4.78, 5) is 13.4. The molecule has 156 valence electrons. The number of aromatic nitrogens is 4. The summed E-state index contributed by atoms with van der Waals surface area (Å²) in [7, 11) is 1.63. The number of methoxy groups -OCH3 is 1. The van der Waals surface area contributed by atoms with Crippen molar-refractivity contribution in [3.05, 3.63) is 89.9 Å². The van der Waals surface area contributed by atoms with E-state index in [-0.39, 0.29) is 0 Å². The van der Waals surface area contributed by atoms with Crippen molar-refractivity contribution in [1.29, 1.82) is 0 Å². The Labute approximate surface area is 185 Å². The standard InChI is InChI=1S/C26H21N5O/c1-32-26-30-24-17-29-23-11-8-19(4-5-20-3-2-14-28-16-20)15-22(23)25(24)31(26)21-9-6-18(7-10-21)12-13-27/h2-3,6-11,14-17H,12-13,27H2,1H3. The van der Waals surface area contributed by atoms with Crippen LogP contribution in [-0.2, 0) is 6.42 Å². The van der Waals surface area contributed by atoms with Crippen molar-refractivity contribution in [2.24, 2.45) is 5.73 Å². The molecule has 2 aromatic carbocycles. The van der Waals surface area contributed by atoms with Crippen molar-refractivity contribution in [2.75, 3.05) is 13.7 Å². The Morgan fingerprint density at radius 3 is 2.56 bits per heavy atom. The molecule has 0 fully saturated rings. The topological polar surface area (TPSA) is 78.9 Å². The SMILES string of the molecule is COc1nc2cnc3ccc(C#Cc4cccnc4)cc3c2n1-c1ccc(CCN)cc1. The van der Waals surface area contributed by atoms with Crippen LogP contribution in [0.5, 0.6) is 6.01 Å². The summed E-state index contributed by atoms with van der Waals surface area (Å²) >= 11 is 0. The third-order valence-electron chi connectivity index (χ3n) is 5.27. The summed E-state index contributed by atoms with van der Waals surface area (Å²) in [6.45, 7) is 0.621. The maximum Gasteiger partial charge on any atom is 0.301 e. The quantitative estimate of drug-likeness (QED) is 0.447. The number of ether oxygens (including phenoxy) is 1. The van der Waals surface area contributed by atoms with Crippen molar-refractivity contribution >= 4 is 21.9 Å². The largest absolute Gasteiger partial charge is 0.468 e. The summed E-state index contributed by atoms with van der Waals surface area (Å²) in [5.41, 5.74) is 12.2. The fraction of sp³-hybridized carbons (Fsp3) is 0.115. The van der Waals surface area contributed by atoms with Gasteiger partial charge in [0.1, 0.15) is 5.52 Å². The summed E-state index contributed by atoms with van der Waals surface area (Å²) < 4.78 is 7.63. The highest BCUT2D eigenvalue weighted by Crippen LogP contribution is 2.31. The molecule has 32 heavy (non-hydrogen) atoms. The van der Waals surface area contributed by atoms with Gasteiger partial charge in [-0.15, -0.1) is 0 Å². The van der Waals surface area contributed by atoms with Crippen LogP contribution in [0.3, 0.4) is 0 Å². The summed E-state index contributed by atoms with van der Waals surface area (Å²) in [6, 6.07) is 18.6. The molecule has 5 aromatic rings. The first kappa shape index (κ1) is 19.7. The van der Waals surface area contributed by atoms with Gasteiger partial charge < -0.3 is 10.5 Å². The number of fused-ring (bicyclic) bond motifs is 3. The molecule has 0 aliphatic carbocycles. The summed E-state index contributed by atoms with van der Waals surface area (Å²) in [5, 5.41) is 0.960. The second-order valence-electron chi connectivity index (χ2n) is 7.35. The molecule has 3 heterocycles. The first-order valence-electron chi connectivity index (χ1n) is 10.3. The maximum atomic E-state index is 5.69. The molecule has 0 aliphatic rings. The van der Waals surface area contributed by atoms with Gasteiger partial charge in [-0.25, -0.2) is 0 Å². The molecule has 0 saturated carbocycles. The van der Waals surface area contributed by atoms with Gasteiger partial charge in [0.15, 0.2) is 0 Å². The van der Waals surface area contributed by atoms with Crippen LogP contribution in [-0.4, -0.2) is 33.2 Å². The lowest BCUT2D eigenvalue weighted by Crippen LogP contribution is -2.03. The molecule has 0 atom stereocenters. The van der Waals surface area contributed by atoms with Crippen LogP contribution in [0.15, 0.2) is 73.2 Å². The van der Waals surface area contributed by atoms with Gasteiger partial charge in [0.25, 0.3) is 0 Å². The van der Waals surface area contributed by atoms with Gasteiger partial charge in [-0.3, -0.25) is 14.5 Å². The predicted octanol–water partition coefficient (Wildman–Crippen LogP) is 3.88. The third-order valence-corrected chi connectivity index (χ3v) is 5.27. The molecule has 0 spiro atoms. The maximum absolute atomic E-state index is 5.69. The van der Waals surface area contributed by atoms with Crippen molar-refractivity contribution in [2.45, 2.75) is 6.42 Å². The zero-order valence-electron chi connectivity index (χ0n) is 17.6. The van der Waals surface area contributed by atoms with E-state index >= 15 is 0 Å². The number of nitrogens with zero attached hydrogens (tertiary/aromatic N) is 4. The highest BCUT2D eigenvalue weighted by atomic mass is 16.5. The first-order valence-corrected chi connectivity index (χ1v) is 10.3. The molecule has 0 unspecified atom stereocenters. The van der Waals surface area contributed by atoms with Gasteiger partial charge in [0.05, 0.1) is 30.0 Å². The molecule has 6 heteroatoms. The summed E-state index contributed by atoms with van der Waals surface area (Å²) in [6.07, 6.45) is 6.11. The van der Waals surface area contributed by atoms with Gasteiger partial charge in [0.2, 0.25) is 0 Å². The van der Waals surface area contributed by atoms with E-state index in [0.29, 0.717) is 12.6 Å². The van der Waals surface area contributed by atoms with E-state index in [0.717, 1.165) is 45.2 Å². The van der Waals surface area contributed by atoms with Gasteiger partial charge in [-0.05, 0) is 61.0 Å². The summed E-state index contributed by atoms with van der Waals surface area (Å²) in [5.74, 6) is 6.39. The van der Waals surface area contributed by atoms with Crippen LogP contribution in [0, 0.1) is 11.8 Å². The monoisotopic (exact) mass is 419 g/mol. The van der Waals surface area contributed by atoms with Crippen LogP contribution in [0.1, 0.15) is 16.7 Å². The molecule has 3 aromatic heterocycles. The predicted molar refractivity (Wildman–Crippen MR) is 126 cm³/mol. The number of imidazole rings is 1. The van der Waals surface area contributed by atoms with E-state index in [1.165, 1.54) is 5.56 Å². The van der Waals surface area contributed by atoms with Crippen LogP contribution >= 0.6 is 0 Å². The normalized spacial score (nSPS) is 10.8. The van der Waals surface area contributed by atoms with Crippen molar-refractivity contribution in [1.82, 2.24) is 19.5 Å².